The lowest BCUT2D eigenvalue weighted by Gasteiger charge is -2.17. The number of fused-ring (bicyclic) bond motifs is 2. The lowest BCUT2D eigenvalue weighted by atomic mass is 10.0. The third-order valence-electron chi connectivity index (χ3n) is 5.66. The predicted molar refractivity (Wildman–Crippen MR) is 126 cm³/mol. The molecule has 0 fully saturated rings. The van der Waals surface area contributed by atoms with Crippen molar-refractivity contribution in [2.45, 2.75) is 43.6 Å². The lowest BCUT2D eigenvalue weighted by Crippen LogP contribution is -2.26. The molecule has 0 aliphatic carbocycles. The number of amides is 1. The monoisotopic (exact) mass is 451 g/mol. The normalized spacial score (nSPS) is 13.9. The van der Waals surface area contributed by atoms with Gasteiger partial charge in [0.1, 0.15) is 0 Å². The third-order valence-corrected chi connectivity index (χ3v) is 6.75. The molecular formula is C24H25N3O4S. The summed E-state index contributed by atoms with van der Waals surface area (Å²) in [6.45, 7) is 4.27. The van der Waals surface area contributed by atoms with Gasteiger partial charge in [-0.3, -0.25) is 19.0 Å². The highest BCUT2D eigenvalue weighted by Crippen LogP contribution is 2.31. The number of aliphatic hydroxyl groups is 1. The maximum atomic E-state index is 13.2. The highest BCUT2D eigenvalue weighted by Gasteiger charge is 2.25. The zero-order valence-electron chi connectivity index (χ0n) is 18.1. The molecule has 166 valence electrons. The second kappa shape index (κ2) is 9.26. The maximum Gasteiger partial charge on any atom is 0.262 e. The first-order valence-corrected chi connectivity index (χ1v) is 11.5. The van der Waals surface area contributed by atoms with Gasteiger partial charge in [-0.15, -0.1) is 0 Å². The van der Waals surface area contributed by atoms with Crippen molar-refractivity contribution in [3.05, 3.63) is 63.9 Å². The minimum atomic E-state index is -0.466. The number of benzene rings is 2. The van der Waals surface area contributed by atoms with Crippen LogP contribution in [-0.4, -0.2) is 44.7 Å². The Morgan fingerprint density at radius 3 is 2.75 bits per heavy atom. The molecule has 0 saturated carbocycles. The smallest absolute Gasteiger partial charge is 0.262 e. The Balaban J connectivity index is 1.62. The summed E-state index contributed by atoms with van der Waals surface area (Å²) >= 11 is 1.25. The highest BCUT2D eigenvalue weighted by atomic mass is 32.2. The molecule has 1 unspecified atom stereocenters. The minimum Gasteiger partial charge on any atom is -0.396 e. The summed E-state index contributed by atoms with van der Waals surface area (Å²) in [6.07, 6.45) is 1.15. The van der Waals surface area contributed by atoms with Crippen LogP contribution in [0.3, 0.4) is 0 Å². The van der Waals surface area contributed by atoms with Crippen LogP contribution in [0.5, 0.6) is 0 Å². The SMILES string of the molecule is CC(=O)N1CCc2cc(C(=O)C(C)Sc3nc4ccccc4c(=O)n3CCCO)ccc21. The van der Waals surface area contributed by atoms with E-state index in [-0.39, 0.29) is 23.9 Å². The van der Waals surface area contributed by atoms with E-state index in [0.717, 1.165) is 17.7 Å². The zero-order chi connectivity index (χ0) is 22.8. The molecule has 2 aromatic carbocycles. The number of carbonyl (C=O) groups is 2. The molecule has 0 radical (unpaired) electrons. The number of hydrogen-bond donors (Lipinski definition) is 1. The summed E-state index contributed by atoms with van der Waals surface area (Å²) in [4.78, 5) is 44.3. The van der Waals surface area contributed by atoms with Gasteiger partial charge in [0.15, 0.2) is 10.9 Å². The van der Waals surface area contributed by atoms with Gasteiger partial charge in [-0.1, -0.05) is 23.9 Å². The molecule has 1 aliphatic rings. The van der Waals surface area contributed by atoms with Crippen LogP contribution >= 0.6 is 11.8 Å². The Bertz CT molecular complexity index is 1250. The summed E-state index contributed by atoms with van der Waals surface area (Å²) in [5, 5.41) is 9.76. The van der Waals surface area contributed by atoms with Gasteiger partial charge in [0.2, 0.25) is 5.91 Å². The summed E-state index contributed by atoms with van der Waals surface area (Å²) in [5.74, 6) is -0.0647. The van der Waals surface area contributed by atoms with E-state index in [0.29, 0.717) is 41.1 Å². The second-order valence-electron chi connectivity index (χ2n) is 7.83. The van der Waals surface area contributed by atoms with E-state index in [1.54, 1.807) is 47.6 Å². The summed E-state index contributed by atoms with van der Waals surface area (Å²) in [6, 6.07) is 12.6. The van der Waals surface area contributed by atoms with Crippen molar-refractivity contribution < 1.29 is 14.7 Å². The van der Waals surface area contributed by atoms with E-state index in [9.17, 15) is 19.5 Å². The van der Waals surface area contributed by atoms with Crippen LogP contribution in [0, 0.1) is 0 Å². The van der Waals surface area contributed by atoms with Crippen LogP contribution in [0.25, 0.3) is 10.9 Å². The summed E-state index contributed by atoms with van der Waals surface area (Å²) < 4.78 is 1.54. The first-order chi connectivity index (χ1) is 15.4. The van der Waals surface area contributed by atoms with Gasteiger partial charge in [0.05, 0.1) is 16.2 Å². The largest absolute Gasteiger partial charge is 0.396 e. The number of carbonyl (C=O) groups excluding carboxylic acids is 2. The number of aromatic nitrogens is 2. The highest BCUT2D eigenvalue weighted by molar-refractivity contribution is 8.00. The van der Waals surface area contributed by atoms with E-state index in [1.807, 2.05) is 18.2 Å². The van der Waals surface area contributed by atoms with Crippen molar-refractivity contribution in [2.24, 2.45) is 0 Å². The Labute approximate surface area is 190 Å². The van der Waals surface area contributed by atoms with E-state index in [2.05, 4.69) is 4.98 Å². The average Bonchev–Trinajstić information content (AvgIpc) is 3.22. The number of nitrogens with zero attached hydrogens (tertiary/aromatic N) is 3. The number of Topliss-reactive ketones (excluding diaryl/α,β-unsaturated/α-hetero) is 1. The van der Waals surface area contributed by atoms with Crippen LogP contribution in [-0.2, 0) is 17.8 Å². The maximum absolute atomic E-state index is 13.2. The van der Waals surface area contributed by atoms with Crippen molar-refractivity contribution in [1.82, 2.24) is 9.55 Å². The standard InChI is InChI=1S/C24H25N3O4S/c1-15(22(30)18-8-9-21-17(14-18)10-12-26(21)16(2)29)32-24-25-20-7-4-3-6-19(20)23(31)27(24)11-5-13-28/h3-4,6-9,14-15,28H,5,10-13H2,1-2H3. The molecule has 0 bridgehead atoms. The Morgan fingerprint density at radius 1 is 1.22 bits per heavy atom. The van der Waals surface area contributed by atoms with Crippen molar-refractivity contribution in [3.63, 3.8) is 0 Å². The van der Waals surface area contributed by atoms with Crippen molar-refractivity contribution >= 4 is 40.0 Å². The zero-order valence-corrected chi connectivity index (χ0v) is 18.9. The first-order valence-electron chi connectivity index (χ1n) is 10.6. The van der Waals surface area contributed by atoms with Crippen molar-refractivity contribution in [2.75, 3.05) is 18.1 Å². The number of thioether (sulfide) groups is 1. The van der Waals surface area contributed by atoms with Crippen LogP contribution in [0.1, 0.15) is 36.2 Å². The van der Waals surface area contributed by atoms with Gasteiger partial charge in [-0.05, 0) is 55.7 Å². The third kappa shape index (κ3) is 4.20. The molecule has 0 spiro atoms. The molecule has 2 heterocycles. The fraction of sp³-hybridized carbons (Fsp3) is 0.333. The Morgan fingerprint density at radius 2 is 2.00 bits per heavy atom. The number of para-hydroxylation sites is 1. The molecule has 32 heavy (non-hydrogen) atoms. The molecule has 3 aromatic rings. The van der Waals surface area contributed by atoms with E-state index >= 15 is 0 Å². The molecule has 0 saturated heterocycles. The van der Waals surface area contributed by atoms with E-state index in [4.69, 9.17) is 0 Å². The average molecular weight is 452 g/mol. The molecule has 1 amide bonds. The van der Waals surface area contributed by atoms with Gasteiger partial charge in [-0.25, -0.2) is 4.98 Å². The fourth-order valence-corrected chi connectivity index (χ4v) is 5.00. The number of rotatable bonds is 7. The second-order valence-corrected chi connectivity index (χ2v) is 9.14. The van der Waals surface area contributed by atoms with Crippen LogP contribution in [0.2, 0.25) is 0 Å². The minimum absolute atomic E-state index is 0.00465. The van der Waals surface area contributed by atoms with Gasteiger partial charge in [0, 0.05) is 37.9 Å². The van der Waals surface area contributed by atoms with Crippen molar-refractivity contribution in [3.8, 4) is 0 Å². The molecule has 8 heteroatoms. The molecule has 7 nitrogen and oxygen atoms in total. The summed E-state index contributed by atoms with van der Waals surface area (Å²) in [5.41, 5.74) is 2.85. The van der Waals surface area contributed by atoms with Gasteiger partial charge in [0.25, 0.3) is 5.56 Å². The predicted octanol–water partition coefficient (Wildman–Crippen LogP) is 3.05. The lowest BCUT2D eigenvalue weighted by molar-refractivity contribution is -0.116. The molecule has 1 N–H and O–H groups in total. The molecule has 1 atom stereocenters. The van der Waals surface area contributed by atoms with E-state index < -0.39 is 5.25 Å². The topological polar surface area (TPSA) is 92.5 Å². The number of anilines is 1. The van der Waals surface area contributed by atoms with Gasteiger partial charge >= 0.3 is 0 Å². The molecule has 1 aromatic heterocycles. The van der Waals surface area contributed by atoms with Gasteiger partial charge in [-0.2, -0.15) is 0 Å². The fourth-order valence-electron chi connectivity index (χ4n) is 3.99. The van der Waals surface area contributed by atoms with Crippen LogP contribution < -0.4 is 10.5 Å². The van der Waals surface area contributed by atoms with Crippen LogP contribution in [0.15, 0.2) is 52.4 Å². The Hall–Kier alpha value is -2.97. The molecule has 4 rings (SSSR count). The number of hydrogen-bond acceptors (Lipinski definition) is 6. The number of aliphatic hydroxyl groups excluding tert-OH is 1. The molecule has 1 aliphatic heterocycles. The Kier molecular flexibility index (Phi) is 6.43. The quantitative estimate of drug-likeness (QED) is 0.337. The van der Waals surface area contributed by atoms with Crippen molar-refractivity contribution in [1.29, 1.82) is 0 Å². The number of ketones is 1. The first kappa shape index (κ1) is 22.2. The van der Waals surface area contributed by atoms with E-state index in [1.165, 1.54) is 11.8 Å². The van der Waals surface area contributed by atoms with Gasteiger partial charge < -0.3 is 10.0 Å². The van der Waals surface area contributed by atoms with Crippen LogP contribution in [0.4, 0.5) is 5.69 Å². The summed E-state index contributed by atoms with van der Waals surface area (Å²) in [7, 11) is 0. The molecular weight excluding hydrogens is 426 g/mol.